The van der Waals surface area contributed by atoms with E-state index in [-0.39, 0.29) is 5.92 Å². The lowest BCUT2D eigenvalue weighted by Gasteiger charge is -2.37. The number of carbonyl (C=O) groups is 1. The van der Waals surface area contributed by atoms with Gasteiger partial charge in [-0.05, 0) is 30.3 Å². The average Bonchev–Trinajstić information content (AvgIpc) is 2.83. The predicted octanol–water partition coefficient (Wildman–Crippen LogP) is 0.659. The molecule has 1 saturated heterocycles. The zero-order valence-electron chi connectivity index (χ0n) is 12.5. The molecule has 2 heterocycles. The lowest BCUT2D eigenvalue weighted by molar-refractivity contribution is -0.145. The van der Waals surface area contributed by atoms with E-state index < -0.39 is 11.5 Å². The fraction of sp³-hybridized carbons (Fsp3) is 0.533. The molecule has 0 radical (unpaired) electrons. The standard InChI is InChI=1S/C15H20N2O4/c1-17-7-11-10-5-13(21-3)12(20-2)4-9(10)6-16-15(11,8-17)14(18)19/h4-5,11,16H,6-8H2,1-3H3,(H,18,19)/t11-,15-/m0/s1. The molecule has 0 bridgehead atoms. The molecule has 1 fully saturated rings. The van der Waals surface area contributed by atoms with Crippen molar-refractivity contribution in [3.8, 4) is 11.5 Å². The number of hydrogen-bond donors (Lipinski definition) is 2. The van der Waals surface area contributed by atoms with Crippen molar-refractivity contribution in [2.75, 3.05) is 34.4 Å². The minimum atomic E-state index is -0.915. The third-order valence-corrected chi connectivity index (χ3v) is 4.61. The van der Waals surface area contributed by atoms with Crippen LogP contribution in [0.5, 0.6) is 11.5 Å². The van der Waals surface area contributed by atoms with Crippen molar-refractivity contribution in [1.82, 2.24) is 10.2 Å². The Morgan fingerprint density at radius 1 is 1.38 bits per heavy atom. The van der Waals surface area contributed by atoms with Crippen molar-refractivity contribution in [1.29, 1.82) is 0 Å². The Hall–Kier alpha value is -1.79. The van der Waals surface area contributed by atoms with Crippen LogP contribution in [-0.4, -0.2) is 55.9 Å². The Labute approximate surface area is 123 Å². The number of nitrogens with one attached hydrogen (secondary N) is 1. The molecule has 6 nitrogen and oxygen atoms in total. The lowest BCUT2D eigenvalue weighted by Crippen LogP contribution is -2.59. The van der Waals surface area contributed by atoms with Crippen molar-refractivity contribution in [2.24, 2.45) is 0 Å². The fourth-order valence-corrected chi connectivity index (χ4v) is 3.57. The number of aliphatic carboxylic acids is 1. The topological polar surface area (TPSA) is 71.0 Å². The number of ether oxygens (including phenoxy) is 2. The van der Waals surface area contributed by atoms with Gasteiger partial charge in [-0.2, -0.15) is 0 Å². The first kappa shape index (κ1) is 14.2. The van der Waals surface area contributed by atoms with E-state index in [9.17, 15) is 9.90 Å². The van der Waals surface area contributed by atoms with E-state index in [4.69, 9.17) is 9.47 Å². The molecule has 21 heavy (non-hydrogen) atoms. The van der Waals surface area contributed by atoms with Crippen LogP contribution in [0.3, 0.4) is 0 Å². The van der Waals surface area contributed by atoms with Gasteiger partial charge in [-0.3, -0.25) is 10.1 Å². The van der Waals surface area contributed by atoms with Crippen molar-refractivity contribution in [3.63, 3.8) is 0 Å². The van der Waals surface area contributed by atoms with E-state index in [1.54, 1.807) is 14.2 Å². The number of carboxylic acids is 1. The molecular formula is C15H20N2O4. The zero-order chi connectivity index (χ0) is 15.2. The van der Waals surface area contributed by atoms with Crippen molar-refractivity contribution in [3.05, 3.63) is 23.3 Å². The number of methoxy groups -OCH3 is 2. The van der Waals surface area contributed by atoms with Crippen LogP contribution in [0.4, 0.5) is 0 Å². The van der Waals surface area contributed by atoms with Gasteiger partial charge >= 0.3 is 5.97 Å². The second-order valence-electron chi connectivity index (χ2n) is 5.79. The van der Waals surface area contributed by atoms with E-state index in [2.05, 4.69) is 10.2 Å². The number of likely N-dealkylation sites (N-methyl/N-ethyl adjacent to an activating group) is 1. The highest BCUT2D eigenvalue weighted by atomic mass is 16.5. The highest BCUT2D eigenvalue weighted by Crippen LogP contribution is 2.44. The maximum absolute atomic E-state index is 11.8. The smallest absolute Gasteiger partial charge is 0.325 e. The minimum absolute atomic E-state index is 0.0939. The summed E-state index contributed by atoms with van der Waals surface area (Å²) in [6.45, 7) is 1.73. The summed E-state index contributed by atoms with van der Waals surface area (Å²) in [6, 6.07) is 3.86. The van der Waals surface area contributed by atoms with Crippen LogP contribution < -0.4 is 14.8 Å². The van der Waals surface area contributed by atoms with E-state index in [1.807, 2.05) is 19.2 Å². The summed E-state index contributed by atoms with van der Waals surface area (Å²) >= 11 is 0. The fourth-order valence-electron chi connectivity index (χ4n) is 3.57. The van der Waals surface area contributed by atoms with Gasteiger partial charge in [-0.15, -0.1) is 0 Å². The lowest BCUT2D eigenvalue weighted by atomic mass is 9.76. The van der Waals surface area contributed by atoms with Crippen molar-refractivity contribution < 1.29 is 19.4 Å². The summed E-state index contributed by atoms with van der Waals surface area (Å²) < 4.78 is 10.7. The van der Waals surface area contributed by atoms with E-state index in [0.29, 0.717) is 31.1 Å². The van der Waals surface area contributed by atoms with E-state index >= 15 is 0 Å². The quantitative estimate of drug-likeness (QED) is 0.853. The molecule has 2 aliphatic rings. The van der Waals surface area contributed by atoms with Crippen LogP contribution in [0.15, 0.2) is 12.1 Å². The molecule has 2 atom stereocenters. The number of nitrogens with zero attached hydrogens (tertiary/aromatic N) is 1. The molecule has 6 heteroatoms. The summed E-state index contributed by atoms with van der Waals surface area (Å²) in [6.07, 6.45) is 0. The molecule has 114 valence electrons. The van der Waals surface area contributed by atoms with Crippen LogP contribution in [-0.2, 0) is 11.3 Å². The molecule has 0 aromatic heterocycles. The van der Waals surface area contributed by atoms with Gasteiger partial charge < -0.3 is 19.5 Å². The largest absolute Gasteiger partial charge is 0.493 e. The summed E-state index contributed by atoms with van der Waals surface area (Å²) in [7, 11) is 5.15. The van der Waals surface area contributed by atoms with Gasteiger partial charge in [-0.1, -0.05) is 0 Å². The highest BCUT2D eigenvalue weighted by Gasteiger charge is 2.54. The molecule has 0 saturated carbocycles. The Bertz CT molecular complexity index is 589. The monoisotopic (exact) mass is 292 g/mol. The predicted molar refractivity (Wildman–Crippen MR) is 77.0 cm³/mol. The van der Waals surface area contributed by atoms with Crippen LogP contribution in [0, 0.1) is 0 Å². The van der Waals surface area contributed by atoms with E-state index in [0.717, 1.165) is 11.1 Å². The molecule has 0 aliphatic carbocycles. The summed E-state index contributed by atoms with van der Waals surface area (Å²) in [5, 5.41) is 13.0. The Morgan fingerprint density at radius 2 is 2.05 bits per heavy atom. The molecule has 3 rings (SSSR count). The Balaban J connectivity index is 2.12. The second-order valence-corrected chi connectivity index (χ2v) is 5.79. The first-order chi connectivity index (χ1) is 10.0. The molecule has 0 unspecified atom stereocenters. The van der Waals surface area contributed by atoms with Crippen LogP contribution in [0.25, 0.3) is 0 Å². The third kappa shape index (κ3) is 1.98. The van der Waals surface area contributed by atoms with Crippen molar-refractivity contribution in [2.45, 2.75) is 18.0 Å². The molecular weight excluding hydrogens is 272 g/mol. The number of hydrogen-bond acceptors (Lipinski definition) is 5. The van der Waals surface area contributed by atoms with Gasteiger partial charge in [0.2, 0.25) is 0 Å². The third-order valence-electron chi connectivity index (χ3n) is 4.61. The molecule has 1 aromatic rings. The molecule has 0 amide bonds. The summed E-state index contributed by atoms with van der Waals surface area (Å²) in [5.41, 5.74) is 1.20. The van der Waals surface area contributed by atoms with Crippen molar-refractivity contribution >= 4 is 5.97 Å². The van der Waals surface area contributed by atoms with Gasteiger partial charge in [0.15, 0.2) is 11.5 Å². The minimum Gasteiger partial charge on any atom is -0.493 e. The molecule has 2 N–H and O–H groups in total. The van der Waals surface area contributed by atoms with Gasteiger partial charge in [0.05, 0.1) is 14.2 Å². The Morgan fingerprint density at radius 3 is 2.67 bits per heavy atom. The molecule has 1 aromatic carbocycles. The van der Waals surface area contributed by atoms with Crippen LogP contribution in [0.1, 0.15) is 17.0 Å². The van der Waals surface area contributed by atoms with E-state index in [1.165, 1.54) is 0 Å². The van der Waals surface area contributed by atoms with Gasteiger partial charge in [0.25, 0.3) is 0 Å². The molecule has 2 aliphatic heterocycles. The van der Waals surface area contributed by atoms with Crippen LogP contribution >= 0.6 is 0 Å². The average molecular weight is 292 g/mol. The normalized spacial score (nSPS) is 27.9. The first-order valence-electron chi connectivity index (χ1n) is 6.93. The molecule has 0 spiro atoms. The van der Waals surface area contributed by atoms with Gasteiger partial charge in [0.1, 0.15) is 5.54 Å². The zero-order valence-corrected chi connectivity index (χ0v) is 12.5. The van der Waals surface area contributed by atoms with Crippen LogP contribution in [0.2, 0.25) is 0 Å². The summed E-state index contributed by atoms with van der Waals surface area (Å²) in [4.78, 5) is 13.9. The number of carboxylic acid groups (broad SMARTS) is 1. The number of fused-ring (bicyclic) bond motifs is 3. The number of rotatable bonds is 3. The number of likely N-dealkylation sites (tertiary alicyclic amines) is 1. The first-order valence-corrected chi connectivity index (χ1v) is 6.93. The Kier molecular flexibility index (Phi) is 3.30. The number of benzene rings is 1. The maximum Gasteiger partial charge on any atom is 0.325 e. The maximum atomic E-state index is 11.8. The summed E-state index contributed by atoms with van der Waals surface area (Å²) in [5.74, 6) is 0.431. The second kappa shape index (κ2) is 4.89. The van der Waals surface area contributed by atoms with Gasteiger partial charge in [0, 0.05) is 25.6 Å². The van der Waals surface area contributed by atoms with Gasteiger partial charge in [-0.25, -0.2) is 0 Å². The SMILES string of the molecule is COc1cc2c(cc1OC)[C@@H]1CN(C)C[C@]1(C(=O)O)NC2. The highest BCUT2D eigenvalue weighted by molar-refractivity contribution is 5.82.